The topological polar surface area (TPSA) is 48.5 Å². The zero-order valence-electron chi connectivity index (χ0n) is 16.3. The molecule has 1 N–H and O–H groups in total. The van der Waals surface area contributed by atoms with E-state index in [0.29, 0.717) is 12.4 Å². The van der Waals surface area contributed by atoms with Gasteiger partial charge >= 0.3 is 0 Å². The molecule has 5 heterocycles. The lowest BCUT2D eigenvalue weighted by molar-refractivity contribution is -0.204. The van der Waals surface area contributed by atoms with Crippen LogP contribution >= 0.6 is 0 Å². The maximum atomic E-state index is 11.7. The minimum Gasteiger partial charge on any atom is -0.496 e. The van der Waals surface area contributed by atoms with Gasteiger partial charge in [-0.3, -0.25) is 0 Å². The molecule has 2 aromatic heterocycles. The summed E-state index contributed by atoms with van der Waals surface area (Å²) in [6, 6.07) is 8.23. The number of rotatable bonds is 3. The predicted molar refractivity (Wildman–Crippen MR) is 103 cm³/mol. The van der Waals surface area contributed by atoms with Gasteiger partial charge in [0.05, 0.1) is 24.6 Å². The molecule has 5 atom stereocenters. The highest BCUT2D eigenvalue weighted by Crippen LogP contribution is 2.65. The SMILES string of the molecule is C=C(OCC)[C@]12O[C@]3(O)C=Cc4ccc(C)n4[C@H]1[C@@H]3c1ccc(C)n1[C@H]2C. The Kier molecular flexibility index (Phi) is 3.24. The molecule has 142 valence electrons. The molecule has 5 nitrogen and oxygen atoms in total. The first-order valence-corrected chi connectivity index (χ1v) is 9.64. The number of aryl methyl sites for hydroxylation is 2. The Labute approximate surface area is 159 Å². The third-order valence-corrected chi connectivity index (χ3v) is 6.69. The molecule has 2 aromatic rings. The molecule has 3 aliphatic heterocycles. The summed E-state index contributed by atoms with van der Waals surface area (Å²) >= 11 is 0. The molecular weight excluding hydrogens is 340 g/mol. The van der Waals surface area contributed by atoms with Gasteiger partial charge in [-0.15, -0.1) is 0 Å². The first-order chi connectivity index (χ1) is 12.8. The summed E-state index contributed by atoms with van der Waals surface area (Å²) in [5, 5.41) is 11.7. The van der Waals surface area contributed by atoms with Gasteiger partial charge in [0.15, 0.2) is 11.4 Å². The number of fused-ring (bicyclic) bond motifs is 2. The van der Waals surface area contributed by atoms with Crippen molar-refractivity contribution in [3.05, 3.63) is 65.5 Å². The average molecular weight is 366 g/mol. The minimum absolute atomic E-state index is 0.0713. The van der Waals surface area contributed by atoms with Gasteiger partial charge in [-0.2, -0.15) is 0 Å². The van der Waals surface area contributed by atoms with E-state index in [-0.39, 0.29) is 18.0 Å². The van der Waals surface area contributed by atoms with Crippen molar-refractivity contribution in [1.29, 1.82) is 0 Å². The van der Waals surface area contributed by atoms with Gasteiger partial charge in [-0.1, -0.05) is 6.58 Å². The smallest absolute Gasteiger partial charge is 0.197 e. The molecule has 3 aliphatic rings. The van der Waals surface area contributed by atoms with Crippen LogP contribution in [-0.4, -0.2) is 32.2 Å². The van der Waals surface area contributed by atoms with Crippen molar-refractivity contribution in [2.45, 2.75) is 57.1 Å². The van der Waals surface area contributed by atoms with Crippen molar-refractivity contribution in [2.24, 2.45) is 0 Å². The zero-order chi connectivity index (χ0) is 19.1. The lowest BCUT2D eigenvalue weighted by Gasteiger charge is -2.46. The second-order valence-electron chi connectivity index (χ2n) is 7.97. The highest BCUT2D eigenvalue weighted by Gasteiger charge is 2.71. The Balaban J connectivity index is 1.88. The standard InChI is InChI=1S/C22H26N2O3/c1-6-26-16(5)22-15(4)23-13(2)8-10-18(23)19-20(22)24-14(3)7-9-17(24)11-12-21(19,25)27-22/h7-12,15,19-20,25H,5-6H2,1-4H3/t15-,19-,20-,21+,22-/m0/s1. The van der Waals surface area contributed by atoms with Crippen molar-refractivity contribution in [3.8, 4) is 0 Å². The fraction of sp³-hybridized carbons (Fsp3) is 0.455. The predicted octanol–water partition coefficient (Wildman–Crippen LogP) is 3.84. The number of aromatic nitrogens is 2. The van der Waals surface area contributed by atoms with E-state index in [4.69, 9.17) is 9.47 Å². The molecule has 0 aromatic carbocycles. The fourth-order valence-corrected chi connectivity index (χ4v) is 5.63. The lowest BCUT2D eigenvalue weighted by atomic mass is 9.74. The summed E-state index contributed by atoms with van der Waals surface area (Å²) in [5.74, 6) is -1.08. The van der Waals surface area contributed by atoms with E-state index in [2.05, 4.69) is 60.7 Å². The van der Waals surface area contributed by atoms with Gasteiger partial charge in [0, 0.05) is 22.8 Å². The number of hydrogen-bond donors (Lipinski definition) is 1. The largest absolute Gasteiger partial charge is 0.496 e. The van der Waals surface area contributed by atoms with Gasteiger partial charge in [0.25, 0.3) is 0 Å². The van der Waals surface area contributed by atoms with Crippen LogP contribution in [0.4, 0.5) is 0 Å². The molecule has 27 heavy (non-hydrogen) atoms. The summed E-state index contributed by atoms with van der Waals surface area (Å²) < 4.78 is 17.1. The number of hydrogen-bond acceptors (Lipinski definition) is 3. The summed E-state index contributed by atoms with van der Waals surface area (Å²) in [6.07, 6.45) is 3.76. The number of nitrogens with zero attached hydrogens (tertiary/aromatic N) is 2. The van der Waals surface area contributed by atoms with Crippen molar-refractivity contribution in [1.82, 2.24) is 9.13 Å². The monoisotopic (exact) mass is 366 g/mol. The molecule has 0 spiro atoms. The fourth-order valence-electron chi connectivity index (χ4n) is 5.63. The summed E-state index contributed by atoms with van der Waals surface area (Å²) in [7, 11) is 0. The van der Waals surface area contributed by atoms with E-state index in [9.17, 15) is 5.11 Å². The van der Waals surface area contributed by atoms with Crippen LogP contribution < -0.4 is 0 Å². The van der Waals surface area contributed by atoms with Crippen molar-refractivity contribution in [2.75, 3.05) is 6.61 Å². The molecule has 4 bridgehead atoms. The molecule has 5 rings (SSSR count). The van der Waals surface area contributed by atoms with Crippen LogP contribution in [0.3, 0.4) is 0 Å². The van der Waals surface area contributed by atoms with Gasteiger partial charge < -0.3 is 23.7 Å². The van der Waals surface area contributed by atoms with E-state index < -0.39 is 11.4 Å². The normalized spacial score (nSPS) is 35.5. The third-order valence-electron chi connectivity index (χ3n) is 6.69. The molecule has 0 amide bonds. The highest BCUT2D eigenvalue weighted by molar-refractivity contribution is 5.54. The van der Waals surface area contributed by atoms with Crippen molar-refractivity contribution < 1.29 is 14.6 Å². The van der Waals surface area contributed by atoms with Gasteiger partial charge in [0.1, 0.15) is 5.76 Å². The maximum absolute atomic E-state index is 11.7. The van der Waals surface area contributed by atoms with E-state index >= 15 is 0 Å². The first kappa shape index (κ1) is 16.9. The second kappa shape index (κ2) is 5.18. The van der Waals surface area contributed by atoms with E-state index in [1.165, 1.54) is 0 Å². The van der Waals surface area contributed by atoms with Crippen LogP contribution in [0.25, 0.3) is 6.08 Å². The van der Waals surface area contributed by atoms with Crippen molar-refractivity contribution >= 4 is 6.08 Å². The molecular formula is C22H26N2O3. The van der Waals surface area contributed by atoms with Crippen LogP contribution in [0.5, 0.6) is 0 Å². The molecule has 0 saturated carbocycles. The molecule has 0 aliphatic carbocycles. The molecule has 1 fully saturated rings. The van der Waals surface area contributed by atoms with Crippen LogP contribution in [0.1, 0.15) is 54.6 Å². The van der Waals surface area contributed by atoms with E-state index in [1.54, 1.807) is 6.08 Å². The molecule has 0 unspecified atom stereocenters. The summed E-state index contributed by atoms with van der Waals surface area (Å²) in [5.41, 5.74) is 3.58. The van der Waals surface area contributed by atoms with Crippen molar-refractivity contribution in [3.63, 3.8) is 0 Å². The maximum Gasteiger partial charge on any atom is 0.197 e. The number of ether oxygens (including phenoxy) is 2. The van der Waals surface area contributed by atoms with E-state index in [1.807, 2.05) is 13.0 Å². The van der Waals surface area contributed by atoms with Gasteiger partial charge in [-0.25, -0.2) is 0 Å². The highest BCUT2D eigenvalue weighted by atomic mass is 16.7. The number of aliphatic hydroxyl groups is 1. The molecule has 1 saturated heterocycles. The van der Waals surface area contributed by atoms with Gasteiger partial charge in [-0.05, 0) is 64.1 Å². The Morgan fingerprint density at radius 3 is 2.67 bits per heavy atom. The first-order valence-electron chi connectivity index (χ1n) is 9.64. The zero-order valence-corrected chi connectivity index (χ0v) is 16.3. The Morgan fingerprint density at radius 2 is 1.93 bits per heavy atom. The quantitative estimate of drug-likeness (QED) is 0.840. The Morgan fingerprint density at radius 1 is 1.22 bits per heavy atom. The third kappa shape index (κ3) is 1.81. The molecule has 0 radical (unpaired) electrons. The Bertz CT molecular complexity index is 984. The lowest BCUT2D eigenvalue weighted by Crippen LogP contribution is -2.50. The van der Waals surface area contributed by atoms with Crippen LogP contribution in [-0.2, 0) is 9.47 Å². The van der Waals surface area contributed by atoms with Gasteiger partial charge in [0.2, 0.25) is 0 Å². The summed E-state index contributed by atoms with van der Waals surface area (Å²) in [4.78, 5) is 0. The second-order valence-corrected chi connectivity index (χ2v) is 7.97. The van der Waals surface area contributed by atoms with Crippen LogP contribution in [0.15, 0.2) is 42.7 Å². The van der Waals surface area contributed by atoms with E-state index in [0.717, 1.165) is 22.8 Å². The minimum atomic E-state index is -1.41. The summed E-state index contributed by atoms with van der Waals surface area (Å²) in [6.45, 7) is 13.1. The molecule has 5 heteroatoms. The van der Waals surface area contributed by atoms with Crippen LogP contribution in [0, 0.1) is 13.8 Å². The van der Waals surface area contributed by atoms with Crippen LogP contribution in [0.2, 0.25) is 0 Å². The average Bonchev–Trinajstić information content (AvgIpc) is 3.20. The Hall–Kier alpha value is -2.24.